The van der Waals surface area contributed by atoms with Crippen molar-refractivity contribution in [2.45, 2.75) is 31.8 Å². The van der Waals surface area contributed by atoms with Gasteiger partial charge in [0.15, 0.2) is 0 Å². The summed E-state index contributed by atoms with van der Waals surface area (Å²) >= 11 is 0. The van der Waals surface area contributed by atoms with E-state index in [1.165, 1.54) is 7.05 Å². The van der Waals surface area contributed by atoms with E-state index in [1.54, 1.807) is 6.92 Å². The van der Waals surface area contributed by atoms with Crippen LogP contribution in [0.5, 0.6) is 0 Å². The molecule has 0 aromatic rings. The summed E-state index contributed by atoms with van der Waals surface area (Å²) < 4.78 is 0. The molecule has 1 aliphatic rings. The van der Waals surface area contributed by atoms with Crippen LogP contribution < -0.4 is 10.6 Å². The van der Waals surface area contributed by atoms with Crippen LogP contribution in [0.4, 0.5) is 4.79 Å². The average Bonchev–Trinajstić information content (AvgIpc) is 2.64. The number of likely N-dealkylation sites (N-methyl/N-ethyl adjacent to an activating group) is 1. The number of carbonyl (C=O) groups excluding carboxylic acids is 2. The van der Waals surface area contributed by atoms with Gasteiger partial charge in [0, 0.05) is 20.0 Å². The van der Waals surface area contributed by atoms with E-state index in [2.05, 4.69) is 10.6 Å². The van der Waals surface area contributed by atoms with Crippen LogP contribution in [0.15, 0.2) is 0 Å². The third-order valence-corrected chi connectivity index (χ3v) is 2.76. The summed E-state index contributed by atoms with van der Waals surface area (Å²) in [5.74, 6) is -1.14. The normalized spacial score (nSPS) is 20.6. The fraction of sp³-hybridized carbons (Fsp3) is 0.700. The number of carbonyl (C=O) groups is 3. The Kier molecular flexibility index (Phi) is 4.30. The number of nitrogens with one attached hydrogen (secondary N) is 2. The molecule has 1 fully saturated rings. The zero-order valence-corrected chi connectivity index (χ0v) is 9.90. The molecule has 0 aliphatic carbocycles. The van der Waals surface area contributed by atoms with Gasteiger partial charge >= 0.3 is 12.0 Å². The first-order valence-electron chi connectivity index (χ1n) is 5.48. The van der Waals surface area contributed by atoms with Gasteiger partial charge in [-0.3, -0.25) is 4.79 Å². The first-order chi connectivity index (χ1) is 7.95. The summed E-state index contributed by atoms with van der Waals surface area (Å²) in [7, 11) is 1.43. The van der Waals surface area contributed by atoms with Crippen LogP contribution in [-0.4, -0.2) is 53.6 Å². The van der Waals surface area contributed by atoms with Crippen molar-refractivity contribution in [1.29, 1.82) is 0 Å². The van der Waals surface area contributed by atoms with Crippen LogP contribution in [0.25, 0.3) is 0 Å². The molecule has 2 unspecified atom stereocenters. The molecule has 7 heteroatoms. The van der Waals surface area contributed by atoms with Gasteiger partial charge in [-0.25, -0.2) is 9.59 Å². The molecule has 0 radical (unpaired) electrons. The number of carboxylic acid groups (broad SMARTS) is 1. The molecule has 17 heavy (non-hydrogen) atoms. The Morgan fingerprint density at radius 1 is 1.65 bits per heavy atom. The predicted octanol–water partition coefficient (Wildman–Crippen LogP) is -0.620. The highest BCUT2D eigenvalue weighted by molar-refractivity contribution is 5.84. The van der Waals surface area contributed by atoms with E-state index in [-0.39, 0.29) is 18.4 Å². The lowest BCUT2D eigenvalue weighted by Crippen LogP contribution is -2.50. The zero-order chi connectivity index (χ0) is 13.0. The Morgan fingerprint density at radius 3 is 2.71 bits per heavy atom. The molecule has 3 amide bonds. The highest BCUT2D eigenvalue weighted by Gasteiger charge is 2.28. The van der Waals surface area contributed by atoms with Gasteiger partial charge in [-0.2, -0.15) is 0 Å². The molecule has 1 rings (SSSR count). The number of amides is 3. The maximum absolute atomic E-state index is 11.7. The predicted molar refractivity (Wildman–Crippen MR) is 59.4 cm³/mol. The summed E-state index contributed by atoms with van der Waals surface area (Å²) in [5.41, 5.74) is 0. The molecule has 1 heterocycles. The van der Waals surface area contributed by atoms with Crippen LogP contribution in [0.2, 0.25) is 0 Å². The fourth-order valence-electron chi connectivity index (χ4n) is 1.74. The van der Waals surface area contributed by atoms with Gasteiger partial charge in [0.25, 0.3) is 0 Å². The smallest absolute Gasteiger partial charge is 0.326 e. The van der Waals surface area contributed by atoms with Gasteiger partial charge in [-0.05, 0) is 6.42 Å². The number of hydrogen-bond acceptors (Lipinski definition) is 3. The van der Waals surface area contributed by atoms with Gasteiger partial charge < -0.3 is 20.6 Å². The van der Waals surface area contributed by atoms with Crippen LogP contribution >= 0.6 is 0 Å². The quantitative estimate of drug-likeness (QED) is 0.612. The minimum Gasteiger partial charge on any atom is -0.480 e. The van der Waals surface area contributed by atoms with E-state index >= 15 is 0 Å². The van der Waals surface area contributed by atoms with Gasteiger partial charge in [0.2, 0.25) is 5.91 Å². The number of nitrogens with zero attached hydrogens (tertiary/aromatic N) is 1. The monoisotopic (exact) mass is 243 g/mol. The van der Waals surface area contributed by atoms with Crippen molar-refractivity contribution in [1.82, 2.24) is 15.5 Å². The van der Waals surface area contributed by atoms with Gasteiger partial charge in [-0.1, -0.05) is 6.92 Å². The highest BCUT2D eigenvalue weighted by Crippen LogP contribution is 2.05. The second-order valence-corrected chi connectivity index (χ2v) is 4.03. The summed E-state index contributed by atoms with van der Waals surface area (Å²) in [4.78, 5) is 34.7. The van der Waals surface area contributed by atoms with Crippen LogP contribution in [0.1, 0.15) is 19.8 Å². The molecule has 2 atom stereocenters. The molecule has 0 spiro atoms. The number of rotatable bonds is 4. The lowest BCUT2D eigenvalue weighted by molar-refractivity contribution is -0.141. The Labute approximate surface area is 99.2 Å². The summed E-state index contributed by atoms with van der Waals surface area (Å²) in [6.45, 7) is 2.09. The minimum absolute atomic E-state index is 0.108. The van der Waals surface area contributed by atoms with E-state index in [1.807, 2.05) is 0 Å². The summed E-state index contributed by atoms with van der Waals surface area (Å²) in [6.07, 6.45) is 0.574. The summed E-state index contributed by atoms with van der Waals surface area (Å²) in [6, 6.07) is -1.58. The van der Waals surface area contributed by atoms with E-state index in [9.17, 15) is 14.4 Å². The van der Waals surface area contributed by atoms with Crippen molar-refractivity contribution in [2.75, 3.05) is 13.6 Å². The topological polar surface area (TPSA) is 98.7 Å². The van der Waals surface area contributed by atoms with E-state index in [0.717, 1.165) is 4.90 Å². The van der Waals surface area contributed by atoms with Gasteiger partial charge in [0.05, 0.1) is 6.04 Å². The van der Waals surface area contributed by atoms with E-state index in [0.29, 0.717) is 13.0 Å². The molecular formula is C10H17N3O4. The first kappa shape index (κ1) is 13.3. The minimum atomic E-state index is -1.04. The maximum atomic E-state index is 11.7. The Balaban J connectivity index is 2.51. The highest BCUT2D eigenvalue weighted by atomic mass is 16.4. The number of urea groups is 1. The average molecular weight is 243 g/mol. The number of hydrogen-bond donors (Lipinski definition) is 3. The molecule has 0 saturated carbocycles. The third-order valence-electron chi connectivity index (χ3n) is 2.76. The van der Waals surface area contributed by atoms with Crippen molar-refractivity contribution in [3.05, 3.63) is 0 Å². The van der Waals surface area contributed by atoms with Crippen molar-refractivity contribution in [3.8, 4) is 0 Å². The summed E-state index contributed by atoms with van der Waals surface area (Å²) in [5, 5.41) is 14.1. The second kappa shape index (κ2) is 5.51. The van der Waals surface area contributed by atoms with Crippen molar-refractivity contribution < 1.29 is 19.5 Å². The second-order valence-electron chi connectivity index (χ2n) is 4.03. The standard InChI is InChI=1S/C10H17N3O4/c1-3-7(9(15)16)13(2)10(17)12-6-4-8(14)11-5-6/h6-7H,3-5H2,1-2H3,(H,11,14)(H,12,17)(H,15,16). The first-order valence-corrected chi connectivity index (χ1v) is 5.48. The zero-order valence-electron chi connectivity index (χ0n) is 9.90. The largest absolute Gasteiger partial charge is 0.480 e. The molecule has 0 bridgehead atoms. The number of carboxylic acids is 1. The molecule has 0 aromatic heterocycles. The molecule has 0 aromatic carbocycles. The Hall–Kier alpha value is -1.79. The fourth-order valence-corrected chi connectivity index (χ4v) is 1.74. The van der Waals surface area contributed by atoms with Crippen LogP contribution in [0, 0.1) is 0 Å². The van der Waals surface area contributed by atoms with Crippen molar-refractivity contribution in [2.24, 2.45) is 0 Å². The molecule has 1 aliphatic heterocycles. The van der Waals surface area contributed by atoms with E-state index in [4.69, 9.17) is 5.11 Å². The number of aliphatic carboxylic acids is 1. The molecular weight excluding hydrogens is 226 g/mol. The van der Waals surface area contributed by atoms with Gasteiger partial charge in [-0.15, -0.1) is 0 Å². The Bertz CT molecular complexity index is 332. The van der Waals surface area contributed by atoms with Crippen LogP contribution in [0.3, 0.4) is 0 Å². The lowest BCUT2D eigenvalue weighted by atomic mass is 10.2. The van der Waals surface area contributed by atoms with Crippen molar-refractivity contribution in [3.63, 3.8) is 0 Å². The molecule has 96 valence electrons. The molecule has 7 nitrogen and oxygen atoms in total. The molecule has 1 saturated heterocycles. The SMILES string of the molecule is CCC(C(=O)O)N(C)C(=O)NC1CNC(=O)C1. The Morgan fingerprint density at radius 2 is 2.29 bits per heavy atom. The lowest BCUT2D eigenvalue weighted by Gasteiger charge is -2.25. The third kappa shape index (κ3) is 3.33. The van der Waals surface area contributed by atoms with Gasteiger partial charge in [0.1, 0.15) is 6.04 Å². The van der Waals surface area contributed by atoms with Crippen molar-refractivity contribution >= 4 is 17.9 Å². The maximum Gasteiger partial charge on any atom is 0.326 e. The van der Waals surface area contributed by atoms with Crippen LogP contribution in [-0.2, 0) is 9.59 Å². The van der Waals surface area contributed by atoms with E-state index < -0.39 is 18.0 Å². The molecule has 3 N–H and O–H groups in total.